The van der Waals surface area contributed by atoms with E-state index in [1.165, 1.54) is 58.1 Å². The van der Waals surface area contributed by atoms with Crippen LogP contribution >= 0.6 is 12.4 Å². The highest BCUT2D eigenvalue weighted by Gasteiger charge is 2.39. The van der Waals surface area contributed by atoms with E-state index in [0.717, 1.165) is 19.5 Å². The van der Waals surface area contributed by atoms with Gasteiger partial charge in [0, 0.05) is 26.2 Å². The normalized spacial score (nSPS) is 30.3. The monoisotopic (exact) mass is 351 g/mol. The first kappa shape index (κ1) is 18.5. The van der Waals surface area contributed by atoms with Crippen molar-refractivity contribution in [1.82, 2.24) is 14.5 Å². The van der Waals surface area contributed by atoms with Gasteiger partial charge in [0.05, 0.1) is 6.26 Å². The molecule has 130 valence electrons. The van der Waals surface area contributed by atoms with Gasteiger partial charge < -0.3 is 10.2 Å². The Morgan fingerprint density at radius 2 is 1.91 bits per heavy atom. The summed E-state index contributed by atoms with van der Waals surface area (Å²) >= 11 is 0. The van der Waals surface area contributed by atoms with Crippen LogP contribution in [0.2, 0.25) is 0 Å². The van der Waals surface area contributed by atoms with Crippen molar-refractivity contribution in [3.05, 3.63) is 0 Å². The third-order valence-corrected chi connectivity index (χ3v) is 6.92. The summed E-state index contributed by atoms with van der Waals surface area (Å²) in [6, 6.07) is 0. The Bertz CT molecular complexity index is 465. The molecule has 0 radical (unpaired) electrons. The number of hydrogen-bond acceptors (Lipinski definition) is 4. The van der Waals surface area contributed by atoms with Gasteiger partial charge >= 0.3 is 0 Å². The molecule has 0 aromatic carbocycles. The van der Waals surface area contributed by atoms with Crippen molar-refractivity contribution in [3.8, 4) is 0 Å². The third-order valence-electron chi connectivity index (χ3n) is 5.65. The number of hydrogen-bond donors (Lipinski definition) is 1. The van der Waals surface area contributed by atoms with E-state index in [1.54, 1.807) is 4.31 Å². The smallest absolute Gasteiger partial charge is 0.211 e. The molecule has 0 aliphatic carbocycles. The molecule has 1 atom stereocenters. The van der Waals surface area contributed by atoms with Crippen LogP contribution in [0.3, 0.4) is 0 Å². The number of nitrogens with one attached hydrogen (secondary N) is 1. The molecule has 22 heavy (non-hydrogen) atoms. The first-order valence-electron chi connectivity index (χ1n) is 8.35. The first-order chi connectivity index (χ1) is 9.97. The van der Waals surface area contributed by atoms with Crippen LogP contribution in [-0.2, 0) is 10.0 Å². The van der Waals surface area contributed by atoms with Gasteiger partial charge in [0.25, 0.3) is 0 Å². The van der Waals surface area contributed by atoms with Gasteiger partial charge in [-0.25, -0.2) is 12.7 Å². The SMILES string of the molecule is CS(=O)(=O)N1CCCC(CN2CCC3(CCNCC3)C2)C1.Cl. The molecule has 5 nitrogen and oxygen atoms in total. The van der Waals surface area contributed by atoms with E-state index in [9.17, 15) is 8.42 Å². The van der Waals surface area contributed by atoms with E-state index >= 15 is 0 Å². The molecular formula is C15H30ClN3O2S. The summed E-state index contributed by atoms with van der Waals surface area (Å²) in [4.78, 5) is 2.60. The summed E-state index contributed by atoms with van der Waals surface area (Å²) in [6.45, 7) is 7.29. The summed E-state index contributed by atoms with van der Waals surface area (Å²) in [7, 11) is -3.01. The molecule has 3 heterocycles. The van der Waals surface area contributed by atoms with E-state index in [1.807, 2.05) is 0 Å². The fraction of sp³-hybridized carbons (Fsp3) is 1.00. The minimum atomic E-state index is -3.01. The highest BCUT2D eigenvalue weighted by molar-refractivity contribution is 7.88. The van der Waals surface area contributed by atoms with Crippen molar-refractivity contribution in [2.45, 2.75) is 32.1 Å². The lowest BCUT2D eigenvalue weighted by Crippen LogP contribution is -2.44. The van der Waals surface area contributed by atoms with E-state index < -0.39 is 10.0 Å². The zero-order valence-electron chi connectivity index (χ0n) is 13.6. The van der Waals surface area contributed by atoms with Crippen LogP contribution in [0.25, 0.3) is 0 Å². The summed E-state index contributed by atoms with van der Waals surface area (Å²) in [6.07, 6.45) is 7.48. The van der Waals surface area contributed by atoms with Crippen LogP contribution in [0.4, 0.5) is 0 Å². The standard InChI is InChI=1S/C15H29N3O2S.ClH/c1-21(19,20)18-9-2-3-14(12-18)11-17-10-6-15(13-17)4-7-16-8-5-15;/h14,16H,2-13H2,1H3;1H. The molecule has 3 fully saturated rings. The van der Waals surface area contributed by atoms with Crippen molar-refractivity contribution in [1.29, 1.82) is 0 Å². The average molecular weight is 352 g/mol. The van der Waals surface area contributed by atoms with Crippen molar-refractivity contribution in [3.63, 3.8) is 0 Å². The van der Waals surface area contributed by atoms with Crippen LogP contribution < -0.4 is 5.32 Å². The molecule has 1 unspecified atom stereocenters. The molecule has 1 N–H and O–H groups in total. The zero-order chi connectivity index (χ0) is 14.9. The molecular weight excluding hydrogens is 322 g/mol. The Morgan fingerprint density at radius 1 is 1.18 bits per heavy atom. The molecule has 7 heteroatoms. The molecule has 0 bridgehead atoms. The van der Waals surface area contributed by atoms with Gasteiger partial charge in [-0.05, 0) is 63.1 Å². The average Bonchev–Trinajstić information content (AvgIpc) is 2.81. The van der Waals surface area contributed by atoms with E-state index in [2.05, 4.69) is 10.2 Å². The summed E-state index contributed by atoms with van der Waals surface area (Å²) in [5.74, 6) is 0.519. The molecule has 1 spiro atoms. The van der Waals surface area contributed by atoms with Gasteiger partial charge in [0.15, 0.2) is 0 Å². The molecule has 0 saturated carbocycles. The second kappa shape index (κ2) is 7.34. The zero-order valence-corrected chi connectivity index (χ0v) is 15.2. The second-order valence-corrected chi connectivity index (χ2v) is 9.35. The lowest BCUT2D eigenvalue weighted by atomic mass is 9.78. The number of nitrogens with zero attached hydrogens (tertiary/aromatic N) is 2. The lowest BCUT2D eigenvalue weighted by molar-refractivity contribution is 0.164. The third kappa shape index (κ3) is 4.35. The van der Waals surface area contributed by atoms with E-state index in [-0.39, 0.29) is 12.4 Å². The Morgan fingerprint density at radius 3 is 2.59 bits per heavy atom. The lowest BCUT2D eigenvalue weighted by Gasteiger charge is -2.36. The number of rotatable bonds is 3. The van der Waals surface area contributed by atoms with Gasteiger partial charge in [-0.15, -0.1) is 12.4 Å². The quantitative estimate of drug-likeness (QED) is 0.829. The van der Waals surface area contributed by atoms with Gasteiger partial charge in [-0.2, -0.15) is 0 Å². The number of halogens is 1. The minimum absolute atomic E-state index is 0. The molecule has 0 aromatic heterocycles. The van der Waals surface area contributed by atoms with Gasteiger partial charge in [-0.3, -0.25) is 0 Å². The number of likely N-dealkylation sites (tertiary alicyclic amines) is 1. The van der Waals surface area contributed by atoms with Gasteiger partial charge in [-0.1, -0.05) is 0 Å². The Hall–Kier alpha value is 0.120. The van der Waals surface area contributed by atoms with Crippen LogP contribution in [0.5, 0.6) is 0 Å². The summed E-state index contributed by atoms with van der Waals surface area (Å²) in [5.41, 5.74) is 0.552. The molecule has 0 aromatic rings. The fourth-order valence-corrected chi connectivity index (χ4v) is 5.33. The topological polar surface area (TPSA) is 52.7 Å². The maximum Gasteiger partial charge on any atom is 0.211 e. The largest absolute Gasteiger partial charge is 0.317 e. The number of piperidine rings is 2. The van der Waals surface area contributed by atoms with E-state index in [0.29, 0.717) is 17.9 Å². The molecule has 3 rings (SSSR count). The highest BCUT2D eigenvalue weighted by Crippen LogP contribution is 2.39. The van der Waals surface area contributed by atoms with E-state index in [4.69, 9.17) is 0 Å². The van der Waals surface area contributed by atoms with Crippen molar-refractivity contribution < 1.29 is 8.42 Å². The maximum absolute atomic E-state index is 11.7. The summed E-state index contributed by atoms with van der Waals surface area (Å²) < 4.78 is 25.1. The fourth-order valence-electron chi connectivity index (χ4n) is 4.39. The van der Waals surface area contributed by atoms with Crippen molar-refractivity contribution in [2.75, 3.05) is 52.1 Å². The molecule has 3 aliphatic heterocycles. The molecule has 3 aliphatic rings. The maximum atomic E-state index is 11.7. The predicted octanol–water partition coefficient (Wildman–Crippen LogP) is 1.16. The van der Waals surface area contributed by atoms with Crippen molar-refractivity contribution >= 4 is 22.4 Å². The highest BCUT2D eigenvalue weighted by atomic mass is 35.5. The second-order valence-electron chi connectivity index (χ2n) is 7.36. The predicted molar refractivity (Wildman–Crippen MR) is 92.0 cm³/mol. The summed E-state index contributed by atoms with van der Waals surface area (Å²) in [5, 5.41) is 3.46. The van der Waals surface area contributed by atoms with Gasteiger partial charge in [0.1, 0.15) is 0 Å². The van der Waals surface area contributed by atoms with Crippen LogP contribution in [-0.4, -0.2) is 69.7 Å². The van der Waals surface area contributed by atoms with Crippen LogP contribution in [0.15, 0.2) is 0 Å². The Labute approximate surface area is 141 Å². The van der Waals surface area contributed by atoms with Crippen LogP contribution in [0.1, 0.15) is 32.1 Å². The first-order valence-corrected chi connectivity index (χ1v) is 10.2. The number of sulfonamides is 1. The molecule has 3 saturated heterocycles. The van der Waals surface area contributed by atoms with Crippen LogP contribution in [0, 0.1) is 11.3 Å². The van der Waals surface area contributed by atoms with Crippen molar-refractivity contribution in [2.24, 2.45) is 11.3 Å². The Kier molecular flexibility index (Phi) is 6.16. The van der Waals surface area contributed by atoms with Gasteiger partial charge in [0.2, 0.25) is 10.0 Å². The minimum Gasteiger partial charge on any atom is -0.317 e. The molecule has 0 amide bonds. The Balaban J connectivity index is 0.00000176.